The van der Waals surface area contributed by atoms with Crippen LogP contribution in [-0.2, 0) is 10.5 Å². The maximum Gasteiger partial charge on any atom is 0.260 e. The van der Waals surface area contributed by atoms with Gasteiger partial charge in [-0.2, -0.15) is 0 Å². The normalized spacial score (nSPS) is 11.3. The van der Waals surface area contributed by atoms with E-state index in [9.17, 15) is 9.59 Å². The van der Waals surface area contributed by atoms with Gasteiger partial charge in [0.2, 0.25) is 5.91 Å². The van der Waals surface area contributed by atoms with Gasteiger partial charge in [-0.15, -0.1) is 23.1 Å². The number of benzene rings is 1. The van der Waals surface area contributed by atoms with Crippen LogP contribution in [0, 0.1) is 19.8 Å². The predicted octanol–water partition coefficient (Wildman–Crippen LogP) is 4.27. The third kappa shape index (κ3) is 4.83. The van der Waals surface area contributed by atoms with Gasteiger partial charge < -0.3 is 10.3 Å². The minimum Gasteiger partial charge on any atom is -0.355 e. The summed E-state index contributed by atoms with van der Waals surface area (Å²) in [5, 5.41) is 3.54. The molecule has 0 aliphatic carbocycles. The maximum atomic E-state index is 12.8. The molecule has 148 valence electrons. The number of H-pyrrole nitrogens is 1. The maximum absolute atomic E-state index is 12.8. The molecule has 0 aliphatic rings. The highest BCUT2D eigenvalue weighted by Crippen LogP contribution is 2.35. The highest BCUT2D eigenvalue weighted by atomic mass is 32.2. The van der Waals surface area contributed by atoms with Crippen LogP contribution in [0.3, 0.4) is 0 Å². The zero-order valence-corrected chi connectivity index (χ0v) is 18.2. The first kappa shape index (κ1) is 20.6. The first-order valence-corrected chi connectivity index (χ1v) is 11.3. The zero-order chi connectivity index (χ0) is 20.3. The van der Waals surface area contributed by atoms with E-state index in [0.717, 1.165) is 20.8 Å². The number of aromatic nitrogens is 2. The van der Waals surface area contributed by atoms with Gasteiger partial charge in [-0.05, 0) is 25.3 Å². The van der Waals surface area contributed by atoms with Gasteiger partial charge >= 0.3 is 0 Å². The molecule has 0 fully saturated rings. The van der Waals surface area contributed by atoms with Crippen molar-refractivity contribution in [1.29, 1.82) is 0 Å². The average Bonchev–Trinajstić information content (AvgIpc) is 2.97. The molecule has 2 aromatic heterocycles. The minimum atomic E-state index is -0.121. The largest absolute Gasteiger partial charge is 0.355 e. The molecule has 0 spiro atoms. The number of fused-ring (bicyclic) bond motifs is 1. The third-order valence-corrected chi connectivity index (χ3v) is 6.25. The number of carbonyl (C=O) groups excluding carboxylic acids is 1. The predicted molar refractivity (Wildman–Crippen MR) is 119 cm³/mol. The van der Waals surface area contributed by atoms with Gasteiger partial charge in [-0.25, -0.2) is 4.98 Å². The van der Waals surface area contributed by atoms with E-state index in [-0.39, 0.29) is 11.5 Å². The molecule has 28 heavy (non-hydrogen) atoms. The van der Waals surface area contributed by atoms with Crippen LogP contribution in [0.25, 0.3) is 21.3 Å². The molecule has 0 radical (unpaired) electrons. The second-order valence-corrected chi connectivity index (χ2v) is 9.47. The Balaban J connectivity index is 1.78. The van der Waals surface area contributed by atoms with Crippen LogP contribution < -0.4 is 10.9 Å². The van der Waals surface area contributed by atoms with Gasteiger partial charge in [0.05, 0.1) is 16.9 Å². The van der Waals surface area contributed by atoms with E-state index >= 15 is 0 Å². The minimum absolute atomic E-state index is 0.00995. The SMILES string of the molecule is Cc1ccc(-c2c(C)sc3nc(CSCC(=O)NCC(C)C)[nH]c(=O)c23)cc1. The summed E-state index contributed by atoms with van der Waals surface area (Å²) in [6.45, 7) is 8.87. The lowest BCUT2D eigenvalue weighted by atomic mass is 10.0. The molecule has 0 saturated carbocycles. The van der Waals surface area contributed by atoms with Crippen molar-refractivity contribution in [3.8, 4) is 11.1 Å². The zero-order valence-electron chi connectivity index (χ0n) is 16.6. The Morgan fingerprint density at radius 2 is 1.96 bits per heavy atom. The first-order valence-electron chi connectivity index (χ1n) is 9.29. The number of nitrogens with zero attached hydrogens (tertiary/aromatic N) is 1. The summed E-state index contributed by atoms with van der Waals surface area (Å²) >= 11 is 2.99. The summed E-state index contributed by atoms with van der Waals surface area (Å²) in [4.78, 5) is 34.0. The molecule has 0 atom stereocenters. The van der Waals surface area contributed by atoms with Crippen molar-refractivity contribution in [1.82, 2.24) is 15.3 Å². The smallest absolute Gasteiger partial charge is 0.260 e. The van der Waals surface area contributed by atoms with Crippen LogP contribution in [0.2, 0.25) is 0 Å². The van der Waals surface area contributed by atoms with Crippen LogP contribution in [0.1, 0.15) is 30.1 Å². The van der Waals surface area contributed by atoms with Crippen LogP contribution in [0.15, 0.2) is 29.1 Å². The first-order chi connectivity index (χ1) is 13.3. The summed E-state index contributed by atoms with van der Waals surface area (Å²) < 4.78 is 0. The Bertz CT molecular complexity index is 1040. The lowest BCUT2D eigenvalue weighted by Crippen LogP contribution is -2.28. The number of aryl methyl sites for hydroxylation is 2. The summed E-state index contributed by atoms with van der Waals surface area (Å²) in [5.41, 5.74) is 3.06. The van der Waals surface area contributed by atoms with Crippen LogP contribution in [0.4, 0.5) is 0 Å². The fraction of sp³-hybridized carbons (Fsp3) is 0.381. The van der Waals surface area contributed by atoms with E-state index in [0.29, 0.717) is 35.2 Å². The van der Waals surface area contributed by atoms with Crippen molar-refractivity contribution in [2.45, 2.75) is 33.4 Å². The lowest BCUT2D eigenvalue weighted by molar-refractivity contribution is -0.118. The second kappa shape index (κ2) is 8.92. The topological polar surface area (TPSA) is 74.8 Å². The van der Waals surface area contributed by atoms with E-state index in [1.165, 1.54) is 28.7 Å². The summed E-state index contributed by atoms with van der Waals surface area (Å²) in [5.74, 6) is 1.90. The number of hydrogen-bond donors (Lipinski definition) is 2. The number of hydrogen-bond acceptors (Lipinski definition) is 5. The van der Waals surface area contributed by atoms with E-state index in [1.807, 2.05) is 26.0 Å². The van der Waals surface area contributed by atoms with Crippen molar-refractivity contribution in [2.75, 3.05) is 12.3 Å². The Morgan fingerprint density at radius 3 is 2.64 bits per heavy atom. The Labute approximate surface area is 173 Å². The highest BCUT2D eigenvalue weighted by Gasteiger charge is 2.16. The summed E-state index contributed by atoms with van der Waals surface area (Å²) in [6, 6.07) is 8.19. The average molecular weight is 416 g/mol. The monoisotopic (exact) mass is 415 g/mol. The third-order valence-electron chi connectivity index (χ3n) is 4.31. The van der Waals surface area contributed by atoms with Crippen LogP contribution in [-0.4, -0.2) is 28.2 Å². The number of aromatic amines is 1. The van der Waals surface area contributed by atoms with E-state index in [1.54, 1.807) is 0 Å². The molecular formula is C21H25N3O2S2. The standard InChI is InChI=1S/C21H25N3O2S2/c1-12(2)9-22-17(25)11-27-10-16-23-20(26)19-18(14(4)28-21(19)24-16)15-7-5-13(3)6-8-15/h5-8,12H,9-11H2,1-4H3,(H,22,25)(H,23,24,26). The molecule has 2 heterocycles. The molecular weight excluding hydrogens is 390 g/mol. The molecule has 2 N–H and O–H groups in total. The van der Waals surface area contributed by atoms with Gasteiger partial charge in [0.15, 0.2) is 0 Å². The van der Waals surface area contributed by atoms with Crippen LogP contribution in [0.5, 0.6) is 0 Å². The van der Waals surface area contributed by atoms with Gasteiger partial charge in [0.25, 0.3) is 5.56 Å². The van der Waals surface area contributed by atoms with Crippen LogP contribution >= 0.6 is 23.1 Å². The molecule has 1 aromatic carbocycles. The molecule has 3 rings (SSSR count). The van der Waals surface area contributed by atoms with Gasteiger partial charge in [0.1, 0.15) is 10.7 Å². The molecule has 1 amide bonds. The second-order valence-electron chi connectivity index (χ2n) is 7.28. The van der Waals surface area contributed by atoms with Crippen molar-refractivity contribution in [2.24, 2.45) is 5.92 Å². The van der Waals surface area contributed by atoms with Crippen molar-refractivity contribution in [3.63, 3.8) is 0 Å². The fourth-order valence-electron chi connectivity index (χ4n) is 2.91. The van der Waals surface area contributed by atoms with Crippen molar-refractivity contribution >= 4 is 39.2 Å². The van der Waals surface area contributed by atoms with E-state index in [2.05, 4.69) is 41.3 Å². The number of amides is 1. The van der Waals surface area contributed by atoms with Gasteiger partial charge in [0, 0.05) is 17.0 Å². The number of carbonyl (C=O) groups is 1. The molecule has 7 heteroatoms. The van der Waals surface area contributed by atoms with Gasteiger partial charge in [-0.3, -0.25) is 9.59 Å². The quantitative estimate of drug-likeness (QED) is 0.604. The molecule has 0 unspecified atom stereocenters. The molecule has 3 aromatic rings. The van der Waals surface area contributed by atoms with E-state index in [4.69, 9.17) is 0 Å². The Hall–Kier alpha value is -2.12. The molecule has 0 saturated heterocycles. The molecule has 5 nitrogen and oxygen atoms in total. The molecule has 0 bridgehead atoms. The Morgan fingerprint density at radius 1 is 1.25 bits per heavy atom. The summed E-state index contributed by atoms with van der Waals surface area (Å²) in [6.07, 6.45) is 0. The number of rotatable bonds is 7. The summed E-state index contributed by atoms with van der Waals surface area (Å²) in [7, 11) is 0. The number of thioether (sulfide) groups is 1. The number of nitrogens with one attached hydrogen (secondary N) is 2. The fourth-order valence-corrected chi connectivity index (χ4v) is 4.69. The van der Waals surface area contributed by atoms with Crippen molar-refractivity contribution < 1.29 is 4.79 Å². The van der Waals surface area contributed by atoms with Gasteiger partial charge in [-0.1, -0.05) is 43.7 Å². The number of thiophene rings is 1. The Kier molecular flexibility index (Phi) is 6.57. The molecule has 0 aliphatic heterocycles. The highest BCUT2D eigenvalue weighted by molar-refractivity contribution is 7.99. The van der Waals surface area contributed by atoms with E-state index < -0.39 is 0 Å². The lowest BCUT2D eigenvalue weighted by Gasteiger charge is -2.07. The van der Waals surface area contributed by atoms with Crippen molar-refractivity contribution in [3.05, 3.63) is 50.9 Å².